The van der Waals surface area contributed by atoms with Crippen LogP contribution in [0.2, 0.25) is 0 Å². The molecule has 5 aliphatic heterocycles. The zero-order valence-electron chi connectivity index (χ0n) is 25.8. The Kier molecular flexibility index (Phi) is 7.14. The number of nitrogens with zero attached hydrogens (tertiary/aromatic N) is 3. The normalized spacial score (nSPS) is 25.6. The number of rotatable bonds is 6. The molecule has 44 heavy (non-hydrogen) atoms. The predicted molar refractivity (Wildman–Crippen MR) is 170 cm³/mol. The predicted octanol–water partition coefficient (Wildman–Crippen LogP) is 6.11. The Morgan fingerprint density at radius 1 is 1.05 bits per heavy atom. The third-order valence-corrected chi connectivity index (χ3v) is 9.53. The second-order valence-electron chi connectivity index (χ2n) is 11.8. The number of allylic oxidation sites excluding steroid dienone is 11. The maximum atomic E-state index is 13.2. The van der Waals surface area contributed by atoms with Crippen molar-refractivity contribution in [1.29, 1.82) is 0 Å². The van der Waals surface area contributed by atoms with E-state index in [2.05, 4.69) is 25.7 Å². The summed E-state index contributed by atoms with van der Waals surface area (Å²) in [6, 6.07) is 0. The molecule has 6 aliphatic rings. The topological polar surface area (TPSA) is 133 Å². The Bertz CT molecular complexity index is 1810. The van der Waals surface area contributed by atoms with Crippen molar-refractivity contribution in [2.24, 2.45) is 32.7 Å². The number of hydrogen-bond acceptors (Lipinski definition) is 8. The van der Waals surface area contributed by atoms with Gasteiger partial charge in [-0.05, 0) is 74.1 Å². The molecule has 5 heterocycles. The van der Waals surface area contributed by atoms with Crippen LogP contribution in [-0.4, -0.2) is 46.4 Å². The van der Waals surface area contributed by atoms with E-state index in [0.29, 0.717) is 34.7 Å². The number of nitrogens with one attached hydrogen (secondary N) is 1. The molecule has 6 rings (SSSR count). The highest BCUT2D eigenvalue weighted by molar-refractivity contribution is 6.24. The Balaban J connectivity index is 1.67. The van der Waals surface area contributed by atoms with Crippen molar-refractivity contribution in [2.45, 2.75) is 53.9 Å². The minimum absolute atomic E-state index is 0.0595. The Hall–Kier alpha value is -4.79. The van der Waals surface area contributed by atoms with Crippen LogP contribution in [0.25, 0.3) is 0 Å². The first-order valence-corrected chi connectivity index (χ1v) is 14.9. The lowest BCUT2D eigenvalue weighted by Gasteiger charge is -2.20. The molecule has 3 N–H and O–H groups in total. The minimum atomic E-state index is -1.09. The standard InChI is InChI=1S/C35H36N4O5/c1-8-19-15(3)22-12-24-17(5)21(10-11-28(40)41)32(38-24)30-31(35(43)44-7)34(42)29-18(6)25(39-33(29)30)14-27-20(9-2)16(4)23(37-27)13-26(19)36-22/h8,12-14,17,21,31,38,42H,1,9-11H2,2-7H3,(H,40,41)/t17?,21-,31?/m0/s1. The van der Waals surface area contributed by atoms with Crippen LogP contribution in [0.3, 0.4) is 0 Å². The van der Waals surface area contributed by atoms with Crippen LogP contribution >= 0.6 is 0 Å². The van der Waals surface area contributed by atoms with Gasteiger partial charge in [0, 0.05) is 46.4 Å². The lowest BCUT2D eigenvalue weighted by atomic mass is 9.84. The second kappa shape index (κ2) is 10.7. The van der Waals surface area contributed by atoms with Gasteiger partial charge in [0.25, 0.3) is 0 Å². The third-order valence-electron chi connectivity index (χ3n) is 9.53. The van der Waals surface area contributed by atoms with Crippen LogP contribution < -0.4 is 5.32 Å². The summed E-state index contributed by atoms with van der Waals surface area (Å²) in [5.74, 6) is -3.14. The first-order chi connectivity index (χ1) is 21.0. The van der Waals surface area contributed by atoms with Crippen molar-refractivity contribution < 1.29 is 24.5 Å². The number of esters is 1. The van der Waals surface area contributed by atoms with E-state index in [1.54, 1.807) is 0 Å². The van der Waals surface area contributed by atoms with Crippen molar-refractivity contribution in [3.05, 3.63) is 104 Å². The van der Waals surface area contributed by atoms with Crippen molar-refractivity contribution in [2.75, 3.05) is 7.11 Å². The van der Waals surface area contributed by atoms with Gasteiger partial charge in [-0.2, -0.15) is 0 Å². The van der Waals surface area contributed by atoms with Crippen molar-refractivity contribution >= 4 is 29.1 Å². The van der Waals surface area contributed by atoms with Crippen LogP contribution in [0.1, 0.15) is 53.9 Å². The SMILES string of the molecule is C=CC1=C(C)C2=NC1=CC1=NC(=CC3=C(C)C4=C(O)C(C(=O)OC)C(=C5NC(=C2)C(C)[C@@H]5CCC(=O)O)C4=N3)C(CC)=C1C. The number of carboxylic acids is 1. The molecule has 1 fully saturated rings. The van der Waals surface area contributed by atoms with E-state index in [-0.39, 0.29) is 24.0 Å². The fourth-order valence-corrected chi connectivity index (χ4v) is 7.05. The molecule has 3 atom stereocenters. The van der Waals surface area contributed by atoms with E-state index >= 15 is 0 Å². The van der Waals surface area contributed by atoms with E-state index in [0.717, 1.165) is 62.8 Å². The summed E-state index contributed by atoms with van der Waals surface area (Å²) in [7, 11) is 1.29. The molecule has 0 aromatic carbocycles. The zero-order valence-corrected chi connectivity index (χ0v) is 25.8. The first-order valence-electron chi connectivity index (χ1n) is 14.9. The highest BCUT2D eigenvalue weighted by atomic mass is 16.5. The number of carbonyl (C=O) groups excluding carboxylic acids is 1. The number of carboxylic acid groups (broad SMARTS) is 1. The van der Waals surface area contributed by atoms with Gasteiger partial charge < -0.3 is 20.3 Å². The van der Waals surface area contributed by atoms with Crippen LogP contribution in [-0.2, 0) is 14.3 Å². The van der Waals surface area contributed by atoms with Gasteiger partial charge in [-0.15, -0.1) is 0 Å². The molecule has 8 bridgehead atoms. The number of ether oxygens (including phenoxy) is 1. The van der Waals surface area contributed by atoms with Crippen LogP contribution in [0.5, 0.6) is 0 Å². The molecule has 9 heteroatoms. The molecule has 0 aromatic heterocycles. The van der Waals surface area contributed by atoms with Crippen molar-refractivity contribution in [1.82, 2.24) is 5.32 Å². The van der Waals surface area contributed by atoms with E-state index in [1.165, 1.54) is 7.11 Å². The first kappa shape index (κ1) is 29.3. The van der Waals surface area contributed by atoms with Gasteiger partial charge in [-0.3, -0.25) is 9.59 Å². The monoisotopic (exact) mass is 592 g/mol. The molecule has 226 valence electrons. The summed E-state index contributed by atoms with van der Waals surface area (Å²) >= 11 is 0. The van der Waals surface area contributed by atoms with Crippen molar-refractivity contribution in [3.8, 4) is 0 Å². The average Bonchev–Trinajstić information content (AvgIpc) is 3.72. The lowest BCUT2D eigenvalue weighted by Crippen LogP contribution is -2.25. The van der Waals surface area contributed by atoms with E-state index in [1.807, 2.05) is 45.1 Å². The zero-order chi connectivity index (χ0) is 31.6. The van der Waals surface area contributed by atoms with Crippen LogP contribution in [0.15, 0.2) is 119 Å². The lowest BCUT2D eigenvalue weighted by molar-refractivity contribution is -0.143. The fraction of sp³-hybridized carbons (Fsp3) is 0.343. The third kappa shape index (κ3) is 4.32. The summed E-state index contributed by atoms with van der Waals surface area (Å²) in [5, 5.41) is 24.7. The second-order valence-corrected chi connectivity index (χ2v) is 11.8. The van der Waals surface area contributed by atoms with E-state index in [4.69, 9.17) is 19.7 Å². The Morgan fingerprint density at radius 2 is 1.75 bits per heavy atom. The largest absolute Gasteiger partial charge is 0.510 e. The number of aliphatic hydroxyl groups excluding tert-OH is 1. The molecule has 0 saturated carbocycles. The summed E-state index contributed by atoms with van der Waals surface area (Å²) in [5.41, 5.74) is 11.6. The van der Waals surface area contributed by atoms with Gasteiger partial charge in [0.05, 0.1) is 41.3 Å². The molecule has 0 radical (unpaired) electrons. The summed E-state index contributed by atoms with van der Waals surface area (Å²) < 4.78 is 5.17. The maximum Gasteiger partial charge on any atom is 0.321 e. The summed E-state index contributed by atoms with van der Waals surface area (Å²) in [4.78, 5) is 40.0. The van der Waals surface area contributed by atoms with Crippen LogP contribution in [0.4, 0.5) is 0 Å². The maximum absolute atomic E-state index is 13.2. The summed E-state index contributed by atoms with van der Waals surface area (Å²) in [6.45, 7) is 14.1. The van der Waals surface area contributed by atoms with E-state index in [9.17, 15) is 19.8 Å². The number of carbonyl (C=O) groups is 2. The van der Waals surface area contributed by atoms with Crippen molar-refractivity contribution in [3.63, 3.8) is 0 Å². The molecule has 1 aliphatic carbocycles. The number of aliphatic hydroxyl groups is 1. The number of aliphatic carboxylic acids is 1. The molecular formula is C35H36N4O5. The number of hydrogen-bond donors (Lipinski definition) is 3. The van der Waals surface area contributed by atoms with Gasteiger partial charge in [0.15, 0.2) is 0 Å². The molecule has 2 unspecified atom stereocenters. The van der Waals surface area contributed by atoms with Gasteiger partial charge in [-0.1, -0.05) is 26.5 Å². The average molecular weight is 593 g/mol. The van der Waals surface area contributed by atoms with Gasteiger partial charge in [0.1, 0.15) is 11.7 Å². The van der Waals surface area contributed by atoms with Crippen LogP contribution in [0, 0.1) is 17.8 Å². The molecule has 0 spiro atoms. The van der Waals surface area contributed by atoms with Gasteiger partial charge in [0.2, 0.25) is 0 Å². The highest BCUT2D eigenvalue weighted by Crippen LogP contribution is 2.49. The molecule has 0 aromatic rings. The molecule has 1 saturated heterocycles. The van der Waals surface area contributed by atoms with Gasteiger partial charge >= 0.3 is 11.9 Å². The smallest absolute Gasteiger partial charge is 0.321 e. The number of methoxy groups -OCH3 is 1. The summed E-state index contributed by atoms with van der Waals surface area (Å²) in [6.07, 6.45) is 8.76. The number of aliphatic imine (C=N–C) groups is 3. The van der Waals surface area contributed by atoms with Gasteiger partial charge in [-0.25, -0.2) is 15.0 Å². The molecule has 0 amide bonds. The molecule has 9 nitrogen and oxygen atoms in total. The van der Waals surface area contributed by atoms with E-state index < -0.39 is 17.9 Å². The number of fused-ring (bicyclic) bond motifs is 5. The fourth-order valence-electron chi connectivity index (χ4n) is 7.05. The molecular weight excluding hydrogens is 556 g/mol. The minimum Gasteiger partial charge on any atom is -0.510 e. The Morgan fingerprint density at radius 3 is 2.41 bits per heavy atom. The highest BCUT2D eigenvalue weighted by Gasteiger charge is 2.49. The Labute approximate surface area is 256 Å². The quantitative estimate of drug-likeness (QED) is 0.319.